The average Bonchev–Trinajstić information content (AvgIpc) is 2.50. The first-order chi connectivity index (χ1) is 10.2. The van der Waals surface area contributed by atoms with E-state index in [9.17, 15) is 4.79 Å². The number of terminal acetylenes is 1. The molecule has 21 heavy (non-hydrogen) atoms. The van der Waals surface area contributed by atoms with Crippen LogP contribution >= 0.6 is 0 Å². The molecule has 0 radical (unpaired) electrons. The molecule has 2 aromatic rings. The van der Waals surface area contributed by atoms with E-state index in [0.29, 0.717) is 0 Å². The van der Waals surface area contributed by atoms with Gasteiger partial charge >= 0.3 is 0 Å². The van der Waals surface area contributed by atoms with Crippen LogP contribution in [0.4, 0.5) is 5.69 Å². The van der Waals surface area contributed by atoms with E-state index in [0.717, 1.165) is 17.7 Å². The van der Waals surface area contributed by atoms with Crippen molar-refractivity contribution >= 4 is 11.6 Å². The summed E-state index contributed by atoms with van der Waals surface area (Å²) < 4.78 is 0. The van der Waals surface area contributed by atoms with Gasteiger partial charge in [0.1, 0.15) is 0 Å². The summed E-state index contributed by atoms with van der Waals surface area (Å²) >= 11 is 0. The minimum atomic E-state index is -0.681. The SMILES string of the molecule is C#CCC(N)C(=O)Nc1ccccc1Cc1ccccc1. The van der Waals surface area contributed by atoms with Gasteiger partial charge in [0.05, 0.1) is 6.04 Å². The molecule has 1 unspecified atom stereocenters. The van der Waals surface area contributed by atoms with E-state index in [2.05, 4.69) is 23.4 Å². The first-order valence-electron chi connectivity index (χ1n) is 6.82. The number of carbonyl (C=O) groups excluding carboxylic acids is 1. The molecule has 2 rings (SSSR count). The monoisotopic (exact) mass is 278 g/mol. The molecule has 0 aliphatic rings. The van der Waals surface area contributed by atoms with Gasteiger partial charge in [0, 0.05) is 12.1 Å². The van der Waals surface area contributed by atoms with Crippen molar-refractivity contribution in [3.63, 3.8) is 0 Å². The van der Waals surface area contributed by atoms with Crippen LogP contribution in [0.2, 0.25) is 0 Å². The molecule has 3 N–H and O–H groups in total. The van der Waals surface area contributed by atoms with E-state index in [1.165, 1.54) is 5.56 Å². The molecule has 0 aliphatic carbocycles. The van der Waals surface area contributed by atoms with E-state index >= 15 is 0 Å². The minimum absolute atomic E-state index is 0.229. The first-order valence-corrected chi connectivity index (χ1v) is 6.82. The number of nitrogens with two attached hydrogens (primary N) is 1. The van der Waals surface area contributed by atoms with Crippen molar-refractivity contribution in [2.75, 3.05) is 5.32 Å². The van der Waals surface area contributed by atoms with Crippen LogP contribution in [0.1, 0.15) is 17.5 Å². The quantitative estimate of drug-likeness (QED) is 0.826. The van der Waals surface area contributed by atoms with E-state index in [4.69, 9.17) is 12.2 Å². The summed E-state index contributed by atoms with van der Waals surface area (Å²) in [5, 5.41) is 2.86. The number of rotatable bonds is 5. The van der Waals surface area contributed by atoms with Crippen LogP contribution in [0.25, 0.3) is 0 Å². The van der Waals surface area contributed by atoms with Gasteiger partial charge < -0.3 is 11.1 Å². The van der Waals surface area contributed by atoms with Gasteiger partial charge in [0.15, 0.2) is 0 Å². The van der Waals surface area contributed by atoms with Crippen LogP contribution in [0, 0.1) is 12.3 Å². The second-order valence-corrected chi connectivity index (χ2v) is 4.82. The zero-order valence-electron chi connectivity index (χ0n) is 11.8. The molecule has 0 aliphatic heterocycles. The predicted molar refractivity (Wildman–Crippen MR) is 85.7 cm³/mol. The molecule has 0 spiro atoms. The van der Waals surface area contributed by atoms with E-state index in [1.807, 2.05) is 42.5 Å². The first kappa shape index (κ1) is 14.8. The number of carbonyl (C=O) groups is 1. The number of hydrogen-bond acceptors (Lipinski definition) is 2. The third kappa shape index (κ3) is 4.20. The number of para-hydroxylation sites is 1. The normalized spacial score (nSPS) is 11.4. The van der Waals surface area contributed by atoms with Gasteiger partial charge in [-0.2, -0.15) is 0 Å². The van der Waals surface area contributed by atoms with E-state index in [-0.39, 0.29) is 12.3 Å². The number of anilines is 1. The van der Waals surface area contributed by atoms with Crippen molar-refractivity contribution in [1.29, 1.82) is 0 Å². The molecule has 0 saturated heterocycles. The molecule has 0 saturated carbocycles. The van der Waals surface area contributed by atoms with Crippen LogP contribution in [-0.4, -0.2) is 11.9 Å². The van der Waals surface area contributed by atoms with Crippen LogP contribution < -0.4 is 11.1 Å². The smallest absolute Gasteiger partial charge is 0.242 e. The Morgan fingerprint density at radius 3 is 2.52 bits per heavy atom. The summed E-state index contributed by atoms with van der Waals surface area (Å²) in [6.07, 6.45) is 6.16. The highest BCUT2D eigenvalue weighted by Gasteiger charge is 2.13. The van der Waals surface area contributed by atoms with Crippen molar-refractivity contribution in [2.45, 2.75) is 18.9 Å². The summed E-state index contributed by atoms with van der Waals surface area (Å²) in [5.74, 6) is 2.15. The fourth-order valence-electron chi connectivity index (χ4n) is 2.06. The Balaban J connectivity index is 2.14. The maximum Gasteiger partial charge on any atom is 0.242 e. The van der Waals surface area contributed by atoms with Crippen LogP contribution in [-0.2, 0) is 11.2 Å². The van der Waals surface area contributed by atoms with Crippen molar-refractivity contribution in [2.24, 2.45) is 5.73 Å². The van der Waals surface area contributed by atoms with Crippen molar-refractivity contribution in [3.05, 3.63) is 65.7 Å². The minimum Gasteiger partial charge on any atom is -0.324 e. The average molecular weight is 278 g/mol. The van der Waals surface area contributed by atoms with Gasteiger partial charge in [0.2, 0.25) is 5.91 Å². The molecular formula is C18H18N2O. The lowest BCUT2D eigenvalue weighted by Gasteiger charge is -2.13. The molecule has 0 aromatic heterocycles. The third-order valence-corrected chi connectivity index (χ3v) is 3.19. The molecule has 106 valence electrons. The lowest BCUT2D eigenvalue weighted by atomic mass is 10.0. The van der Waals surface area contributed by atoms with Crippen LogP contribution in [0.3, 0.4) is 0 Å². The van der Waals surface area contributed by atoms with Gasteiger partial charge in [-0.05, 0) is 23.6 Å². The Labute approximate surface area is 125 Å². The largest absolute Gasteiger partial charge is 0.324 e. The Bertz CT molecular complexity index is 644. The summed E-state index contributed by atoms with van der Waals surface area (Å²) in [4.78, 5) is 12.0. The van der Waals surface area contributed by atoms with Crippen LogP contribution in [0.5, 0.6) is 0 Å². The Morgan fingerprint density at radius 1 is 1.14 bits per heavy atom. The van der Waals surface area contributed by atoms with Gasteiger partial charge in [-0.1, -0.05) is 48.5 Å². The molecule has 1 amide bonds. The number of benzene rings is 2. The van der Waals surface area contributed by atoms with Crippen molar-refractivity contribution in [3.8, 4) is 12.3 Å². The number of nitrogens with one attached hydrogen (secondary N) is 1. The van der Waals surface area contributed by atoms with Gasteiger partial charge in [0.25, 0.3) is 0 Å². The summed E-state index contributed by atoms with van der Waals surface area (Å²) in [6, 6.07) is 17.1. The highest BCUT2D eigenvalue weighted by Crippen LogP contribution is 2.19. The molecule has 2 aromatic carbocycles. The Hall–Kier alpha value is -2.57. The fourth-order valence-corrected chi connectivity index (χ4v) is 2.06. The number of hydrogen-bond donors (Lipinski definition) is 2. The zero-order chi connectivity index (χ0) is 15.1. The molecular weight excluding hydrogens is 260 g/mol. The molecule has 3 heteroatoms. The topological polar surface area (TPSA) is 55.1 Å². The van der Waals surface area contributed by atoms with Gasteiger partial charge in [-0.15, -0.1) is 12.3 Å². The van der Waals surface area contributed by atoms with Crippen molar-refractivity contribution < 1.29 is 4.79 Å². The fraction of sp³-hybridized carbons (Fsp3) is 0.167. The highest BCUT2D eigenvalue weighted by molar-refractivity contribution is 5.95. The molecule has 3 nitrogen and oxygen atoms in total. The van der Waals surface area contributed by atoms with Gasteiger partial charge in [-0.3, -0.25) is 4.79 Å². The standard InChI is InChI=1S/C18H18N2O/c1-2-8-16(19)18(21)20-17-12-7-6-11-15(17)13-14-9-4-3-5-10-14/h1,3-7,9-12,16H,8,13,19H2,(H,20,21). The summed E-state index contributed by atoms with van der Waals surface area (Å²) in [7, 11) is 0. The zero-order valence-corrected chi connectivity index (χ0v) is 11.8. The molecule has 0 heterocycles. The van der Waals surface area contributed by atoms with E-state index < -0.39 is 6.04 Å². The third-order valence-electron chi connectivity index (χ3n) is 3.19. The maximum absolute atomic E-state index is 12.0. The van der Waals surface area contributed by atoms with Crippen molar-refractivity contribution in [1.82, 2.24) is 0 Å². The van der Waals surface area contributed by atoms with E-state index in [1.54, 1.807) is 0 Å². The van der Waals surface area contributed by atoms with Gasteiger partial charge in [-0.25, -0.2) is 0 Å². The van der Waals surface area contributed by atoms with Crippen LogP contribution in [0.15, 0.2) is 54.6 Å². The Kier molecular flexibility index (Phi) is 5.14. The second kappa shape index (κ2) is 7.28. The lowest BCUT2D eigenvalue weighted by molar-refractivity contribution is -0.117. The molecule has 1 atom stereocenters. The predicted octanol–water partition coefficient (Wildman–Crippen LogP) is 2.57. The summed E-state index contributed by atoms with van der Waals surface area (Å²) in [6.45, 7) is 0. The Morgan fingerprint density at radius 2 is 1.81 bits per heavy atom. The lowest BCUT2D eigenvalue weighted by Crippen LogP contribution is -2.35. The molecule has 0 bridgehead atoms. The summed E-state index contributed by atoms with van der Waals surface area (Å²) in [5.41, 5.74) is 8.73. The highest BCUT2D eigenvalue weighted by atomic mass is 16.2. The molecule has 0 fully saturated rings. The maximum atomic E-state index is 12.0. The number of amides is 1. The second-order valence-electron chi connectivity index (χ2n) is 4.82.